The lowest BCUT2D eigenvalue weighted by atomic mass is 10.00. The average Bonchev–Trinajstić information content (AvgIpc) is 3.16. The van der Waals surface area contributed by atoms with Crippen molar-refractivity contribution < 1.29 is 4.79 Å². The molecule has 0 spiro atoms. The van der Waals surface area contributed by atoms with Crippen molar-refractivity contribution in [3.63, 3.8) is 0 Å². The number of fused-ring (bicyclic) bond motifs is 1. The van der Waals surface area contributed by atoms with Crippen molar-refractivity contribution in [3.8, 4) is 0 Å². The lowest BCUT2D eigenvalue weighted by Gasteiger charge is -2.30. The fraction of sp³-hybridized carbons (Fsp3) is 0.318. The molecule has 0 fully saturated rings. The van der Waals surface area contributed by atoms with Crippen LogP contribution in [0, 0.1) is 13.8 Å². The first-order chi connectivity index (χ1) is 13.6. The largest absolute Gasteiger partial charge is 0.364 e. The molecule has 1 aliphatic heterocycles. The van der Waals surface area contributed by atoms with E-state index in [1.54, 1.807) is 0 Å². The topological polar surface area (TPSA) is 58.1 Å². The van der Waals surface area contributed by atoms with Gasteiger partial charge in [-0.1, -0.05) is 58.9 Å². The average molecular weight is 393 g/mol. The van der Waals surface area contributed by atoms with Crippen molar-refractivity contribution in [2.45, 2.75) is 39.8 Å². The molecule has 0 atom stereocenters. The number of nitrogens with one attached hydrogen (secondary N) is 1. The van der Waals surface area contributed by atoms with Crippen LogP contribution < -0.4 is 10.2 Å². The zero-order chi connectivity index (χ0) is 19.5. The maximum atomic E-state index is 12.4. The van der Waals surface area contributed by atoms with E-state index in [4.69, 9.17) is 0 Å². The van der Waals surface area contributed by atoms with E-state index < -0.39 is 0 Å². The summed E-state index contributed by atoms with van der Waals surface area (Å²) < 4.78 is 0. The molecule has 1 aliphatic rings. The molecule has 0 saturated carbocycles. The number of nitrogens with zero attached hydrogens (tertiary/aromatic N) is 3. The smallest absolute Gasteiger partial charge is 0.282 e. The standard InChI is InChI=1S/C22H24N4OS/c1-15-5-8-17(9-6-15)13-23-21(27)22-25-24-20(28-22)14-26-11-3-4-18-12-16(2)7-10-19(18)26/h5-10,12H,3-4,11,13-14H2,1-2H3,(H,23,27). The highest BCUT2D eigenvalue weighted by Gasteiger charge is 2.20. The minimum absolute atomic E-state index is 0.168. The van der Waals surface area contributed by atoms with E-state index in [1.807, 2.05) is 31.2 Å². The number of rotatable bonds is 5. The van der Waals surface area contributed by atoms with Crippen LogP contribution in [0.3, 0.4) is 0 Å². The van der Waals surface area contributed by atoms with Gasteiger partial charge in [-0.15, -0.1) is 10.2 Å². The van der Waals surface area contributed by atoms with Crippen molar-refractivity contribution in [1.29, 1.82) is 0 Å². The molecule has 144 valence electrons. The van der Waals surface area contributed by atoms with Gasteiger partial charge >= 0.3 is 0 Å². The number of benzene rings is 2. The van der Waals surface area contributed by atoms with Crippen molar-refractivity contribution in [3.05, 3.63) is 74.7 Å². The Balaban J connectivity index is 1.39. The van der Waals surface area contributed by atoms with Crippen LogP contribution in [0.5, 0.6) is 0 Å². The Morgan fingerprint density at radius 1 is 1.11 bits per heavy atom. The van der Waals surface area contributed by atoms with Crippen molar-refractivity contribution in [1.82, 2.24) is 15.5 Å². The first-order valence-electron chi connectivity index (χ1n) is 9.59. The lowest BCUT2D eigenvalue weighted by Crippen LogP contribution is -2.28. The van der Waals surface area contributed by atoms with Gasteiger partial charge in [-0.3, -0.25) is 4.79 Å². The van der Waals surface area contributed by atoms with Crippen molar-refractivity contribution in [2.75, 3.05) is 11.4 Å². The third-order valence-electron chi connectivity index (χ3n) is 5.01. The van der Waals surface area contributed by atoms with Crippen LogP contribution in [0.25, 0.3) is 0 Å². The number of aromatic nitrogens is 2. The summed E-state index contributed by atoms with van der Waals surface area (Å²) in [5.41, 5.74) is 6.25. The fourth-order valence-electron chi connectivity index (χ4n) is 3.50. The molecule has 5 nitrogen and oxygen atoms in total. The van der Waals surface area contributed by atoms with E-state index in [0.29, 0.717) is 18.1 Å². The fourth-order valence-corrected chi connectivity index (χ4v) is 4.28. The molecule has 1 amide bonds. The number of aryl methyl sites for hydroxylation is 3. The predicted molar refractivity (Wildman–Crippen MR) is 113 cm³/mol. The van der Waals surface area contributed by atoms with Crippen LogP contribution in [0.15, 0.2) is 42.5 Å². The van der Waals surface area contributed by atoms with Gasteiger partial charge in [0.15, 0.2) is 0 Å². The SMILES string of the molecule is Cc1ccc(CNC(=O)c2nnc(CN3CCCc4cc(C)ccc43)s2)cc1. The highest BCUT2D eigenvalue weighted by Crippen LogP contribution is 2.29. The van der Waals surface area contributed by atoms with Gasteiger partial charge in [-0.05, 0) is 43.9 Å². The van der Waals surface area contributed by atoms with Gasteiger partial charge in [-0.2, -0.15) is 0 Å². The molecule has 0 bridgehead atoms. The van der Waals surface area contributed by atoms with Crippen molar-refractivity contribution in [2.24, 2.45) is 0 Å². The first-order valence-corrected chi connectivity index (χ1v) is 10.4. The van der Waals surface area contributed by atoms with E-state index in [-0.39, 0.29) is 5.91 Å². The van der Waals surface area contributed by atoms with Gasteiger partial charge in [0, 0.05) is 18.8 Å². The number of amides is 1. The highest BCUT2D eigenvalue weighted by atomic mass is 32.1. The van der Waals surface area contributed by atoms with Crippen LogP contribution in [-0.2, 0) is 19.5 Å². The predicted octanol–water partition coefficient (Wildman–Crippen LogP) is 4.04. The van der Waals surface area contributed by atoms with E-state index in [2.05, 4.69) is 45.5 Å². The van der Waals surface area contributed by atoms with Gasteiger partial charge in [0.25, 0.3) is 5.91 Å². The molecule has 1 N–H and O–H groups in total. The number of hydrogen-bond donors (Lipinski definition) is 1. The number of carbonyl (C=O) groups excluding carboxylic acids is 1. The summed E-state index contributed by atoms with van der Waals surface area (Å²) in [5, 5.41) is 12.6. The van der Waals surface area contributed by atoms with Crippen LogP contribution in [0.4, 0.5) is 5.69 Å². The molecule has 4 rings (SSSR count). The minimum Gasteiger partial charge on any atom is -0.364 e. The highest BCUT2D eigenvalue weighted by molar-refractivity contribution is 7.13. The van der Waals surface area contributed by atoms with Gasteiger partial charge in [0.2, 0.25) is 5.01 Å². The quantitative estimate of drug-likeness (QED) is 0.712. The van der Waals surface area contributed by atoms with Crippen LogP contribution in [0.1, 0.15) is 43.5 Å². The Kier molecular flexibility index (Phi) is 5.39. The second kappa shape index (κ2) is 8.10. The molecule has 3 aromatic rings. The van der Waals surface area contributed by atoms with Gasteiger partial charge in [0.1, 0.15) is 5.01 Å². The third-order valence-corrected chi connectivity index (χ3v) is 5.92. The summed E-state index contributed by atoms with van der Waals surface area (Å²) in [4.78, 5) is 14.7. The van der Waals surface area contributed by atoms with Gasteiger partial charge in [0.05, 0.1) is 6.54 Å². The lowest BCUT2D eigenvalue weighted by molar-refractivity contribution is 0.0950. The van der Waals surface area contributed by atoms with E-state index in [1.165, 1.54) is 33.7 Å². The Morgan fingerprint density at radius 2 is 1.89 bits per heavy atom. The second-order valence-corrected chi connectivity index (χ2v) is 8.39. The molecule has 0 unspecified atom stereocenters. The summed E-state index contributed by atoms with van der Waals surface area (Å²) in [5.74, 6) is -0.168. The molecule has 2 heterocycles. The first kappa shape index (κ1) is 18.6. The molecule has 6 heteroatoms. The summed E-state index contributed by atoms with van der Waals surface area (Å²) in [6, 6.07) is 14.8. The minimum atomic E-state index is -0.168. The van der Waals surface area contributed by atoms with E-state index >= 15 is 0 Å². The summed E-state index contributed by atoms with van der Waals surface area (Å²) in [6.07, 6.45) is 2.26. The third kappa shape index (κ3) is 4.22. The normalized spacial score (nSPS) is 13.3. The maximum absolute atomic E-state index is 12.4. The Hall–Kier alpha value is -2.73. The molecule has 0 radical (unpaired) electrons. The van der Waals surface area contributed by atoms with Crippen LogP contribution in [-0.4, -0.2) is 22.6 Å². The molecule has 0 saturated heterocycles. The Bertz CT molecular complexity index is 980. The molecule has 1 aromatic heterocycles. The number of carbonyl (C=O) groups is 1. The van der Waals surface area contributed by atoms with E-state index in [9.17, 15) is 4.79 Å². The molecule has 28 heavy (non-hydrogen) atoms. The maximum Gasteiger partial charge on any atom is 0.282 e. The zero-order valence-electron chi connectivity index (χ0n) is 16.2. The van der Waals surface area contributed by atoms with Gasteiger partial charge < -0.3 is 10.2 Å². The number of anilines is 1. The molecular weight excluding hydrogens is 368 g/mol. The summed E-state index contributed by atoms with van der Waals surface area (Å²) in [7, 11) is 0. The second-order valence-electron chi connectivity index (χ2n) is 7.33. The monoisotopic (exact) mass is 392 g/mol. The Labute approximate surface area is 169 Å². The summed E-state index contributed by atoms with van der Waals surface area (Å²) >= 11 is 1.37. The van der Waals surface area contributed by atoms with E-state index in [0.717, 1.165) is 30.0 Å². The molecule has 0 aliphatic carbocycles. The zero-order valence-corrected chi connectivity index (χ0v) is 17.1. The van der Waals surface area contributed by atoms with Crippen molar-refractivity contribution >= 4 is 22.9 Å². The summed E-state index contributed by atoms with van der Waals surface area (Å²) in [6.45, 7) is 6.37. The number of hydrogen-bond acceptors (Lipinski definition) is 5. The molecule has 2 aromatic carbocycles. The van der Waals surface area contributed by atoms with Crippen LogP contribution in [0.2, 0.25) is 0 Å². The molecular formula is C22H24N4OS. The van der Waals surface area contributed by atoms with Crippen LogP contribution >= 0.6 is 11.3 Å². The Morgan fingerprint density at radius 3 is 2.71 bits per heavy atom. The van der Waals surface area contributed by atoms with Gasteiger partial charge in [-0.25, -0.2) is 0 Å².